The van der Waals surface area contributed by atoms with Crippen molar-refractivity contribution in [2.75, 3.05) is 24.7 Å². The molecule has 0 aliphatic rings. The molecule has 0 atom stereocenters. The van der Waals surface area contributed by atoms with Crippen LogP contribution in [0.3, 0.4) is 0 Å². The minimum absolute atomic E-state index is 0.718. The molecule has 18 heavy (non-hydrogen) atoms. The fourth-order valence-electron chi connectivity index (χ4n) is 1.65. The Labute approximate surface area is 106 Å². The van der Waals surface area contributed by atoms with Crippen LogP contribution in [0.15, 0.2) is 24.5 Å². The zero-order valence-electron chi connectivity index (χ0n) is 10.3. The molecule has 0 fully saturated rings. The molecule has 0 amide bonds. The van der Waals surface area contributed by atoms with Crippen LogP contribution in [-0.4, -0.2) is 28.8 Å². The van der Waals surface area contributed by atoms with Crippen LogP contribution in [0.2, 0.25) is 0 Å². The summed E-state index contributed by atoms with van der Waals surface area (Å²) in [6, 6.07) is 5.57. The number of aryl methyl sites for hydroxylation is 1. The first-order valence-electron chi connectivity index (χ1n) is 5.81. The van der Waals surface area contributed by atoms with Gasteiger partial charge >= 0.3 is 0 Å². The van der Waals surface area contributed by atoms with Crippen molar-refractivity contribution in [3.63, 3.8) is 0 Å². The minimum Gasteiger partial charge on any atom is -0.497 e. The van der Waals surface area contributed by atoms with Crippen molar-refractivity contribution >= 4 is 11.4 Å². The number of hydrogen-bond donors (Lipinski definition) is 3. The lowest BCUT2D eigenvalue weighted by Crippen LogP contribution is -2.06. The number of rotatable bonds is 6. The number of aromatic amines is 1. The van der Waals surface area contributed by atoms with Crippen LogP contribution >= 0.6 is 0 Å². The molecule has 0 saturated carbocycles. The van der Waals surface area contributed by atoms with Crippen LogP contribution in [0, 0.1) is 0 Å². The van der Waals surface area contributed by atoms with Gasteiger partial charge in [-0.1, -0.05) is 0 Å². The predicted molar refractivity (Wildman–Crippen MR) is 70.6 cm³/mol. The van der Waals surface area contributed by atoms with E-state index in [1.165, 1.54) is 6.33 Å². The monoisotopic (exact) mass is 247 g/mol. The first-order chi connectivity index (χ1) is 8.79. The van der Waals surface area contributed by atoms with Crippen molar-refractivity contribution in [3.05, 3.63) is 30.4 Å². The second-order valence-corrected chi connectivity index (χ2v) is 3.92. The highest BCUT2D eigenvalue weighted by Crippen LogP contribution is 2.24. The molecule has 0 aliphatic heterocycles. The van der Waals surface area contributed by atoms with Gasteiger partial charge in [0.15, 0.2) is 0 Å². The van der Waals surface area contributed by atoms with Gasteiger partial charge in [0.1, 0.15) is 17.9 Å². The fraction of sp³-hybridized carbons (Fsp3) is 0.333. The number of nitrogens with two attached hydrogens (primary N) is 1. The van der Waals surface area contributed by atoms with Gasteiger partial charge in [0.25, 0.3) is 0 Å². The summed E-state index contributed by atoms with van der Waals surface area (Å²) in [5.41, 5.74) is 7.49. The third kappa shape index (κ3) is 3.13. The zero-order valence-corrected chi connectivity index (χ0v) is 10.3. The first-order valence-corrected chi connectivity index (χ1v) is 5.81. The van der Waals surface area contributed by atoms with Crippen LogP contribution in [0.4, 0.5) is 11.4 Å². The molecule has 1 aromatic heterocycles. The average molecular weight is 247 g/mol. The standard InChI is InChI=1S/C12H17N5O/c1-18-9-4-5-10(13)11(7-9)14-6-2-3-12-15-8-16-17-12/h4-5,7-8,14H,2-3,6,13H2,1H3,(H,15,16,17). The molecule has 1 heterocycles. The van der Waals surface area contributed by atoms with Crippen molar-refractivity contribution < 1.29 is 4.74 Å². The molecule has 0 radical (unpaired) electrons. The number of hydrogen-bond acceptors (Lipinski definition) is 5. The van der Waals surface area contributed by atoms with E-state index in [9.17, 15) is 0 Å². The SMILES string of the molecule is COc1ccc(N)c(NCCCc2ncn[nH]2)c1. The molecule has 0 spiro atoms. The fourth-order valence-corrected chi connectivity index (χ4v) is 1.65. The van der Waals surface area contributed by atoms with E-state index in [1.54, 1.807) is 7.11 Å². The summed E-state index contributed by atoms with van der Waals surface area (Å²) in [7, 11) is 1.64. The Bertz CT molecular complexity index is 483. The lowest BCUT2D eigenvalue weighted by Gasteiger charge is -2.10. The number of anilines is 2. The van der Waals surface area contributed by atoms with Crippen LogP contribution in [0.5, 0.6) is 5.75 Å². The minimum atomic E-state index is 0.718. The number of nitrogen functional groups attached to an aromatic ring is 1. The van der Waals surface area contributed by atoms with E-state index < -0.39 is 0 Å². The lowest BCUT2D eigenvalue weighted by molar-refractivity contribution is 0.415. The molecule has 0 aliphatic carbocycles. The highest BCUT2D eigenvalue weighted by molar-refractivity contribution is 5.68. The van der Waals surface area contributed by atoms with Crippen LogP contribution in [0.1, 0.15) is 12.2 Å². The topological polar surface area (TPSA) is 88.8 Å². The second kappa shape index (κ2) is 5.90. The van der Waals surface area contributed by atoms with Crippen molar-refractivity contribution in [1.82, 2.24) is 15.2 Å². The zero-order chi connectivity index (χ0) is 12.8. The molecule has 2 rings (SSSR count). The number of nitrogens with one attached hydrogen (secondary N) is 2. The summed E-state index contributed by atoms with van der Waals surface area (Å²) in [5, 5.41) is 9.92. The van der Waals surface area contributed by atoms with Gasteiger partial charge < -0.3 is 15.8 Å². The van der Waals surface area contributed by atoms with Gasteiger partial charge in [-0.3, -0.25) is 5.10 Å². The van der Waals surface area contributed by atoms with Gasteiger partial charge in [-0.2, -0.15) is 5.10 Å². The van der Waals surface area contributed by atoms with Gasteiger partial charge in [0.2, 0.25) is 0 Å². The smallest absolute Gasteiger partial charge is 0.137 e. The summed E-state index contributed by atoms with van der Waals surface area (Å²) in [6.45, 7) is 0.818. The lowest BCUT2D eigenvalue weighted by atomic mass is 10.2. The second-order valence-electron chi connectivity index (χ2n) is 3.92. The molecule has 0 bridgehead atoms. The van der Waals surface area contributed by atoms with Gasteiger partial charge in [-0.25, -0.2) is 4.98 Å². The molecule has 4 N–H and O–H groups in total. The largest absolute Gasteiger partial charge is 0.497 e. The van der Waals surface area contributed by atoms with Crippen molar-refractivity contribution in [2.24, 2.45) is 0 Å². The summed E-state index contributed by atoms with van der Waals surface area (Å²) >= 11 is 0. The van der Waals surface area contributed by atoms with Crippen molar-refractivity contribution in [2.45, 2.75) is 12.8 Å². The van der Waals surface area contributed by atoms with Gasteiger partial charge in [0.05, 0.1) is 18.5 Å². The maximum atomic E-state index is 5.87. The van der Waals surface area contributed by atoms with E-state index in [1.807, 2.05) is 18.2 Å². The van der Waals surface area contributed by atoms with E-state index in [4.69, 9.17) is 10.5 Å². The number of benzene rings is 1. The van der Waals surface area contributed by atoms with Gasteiger partial charge in [-0.15, -0.1) is 0 Å². The number of ether oxygens (including phenoxy) is 1. The Morgan fingerprint density at radius 2 is 2.33 bits per heavy atom. The van der Waals surface area contributed by atoms with Gasteiger partial charge in [0, 0.05) is 19.0 Å². The molecular weight excluding hydrogens is 230 g/mol. The molecule has 0 unspecified atom stereocenters. The van der Waals surface area contributed by atoms with Crippen molar-refractivity contribution in [3.8, 4) is 5.75 Å². The number of aromatic nitrogens is 3. The molecule has 6 heteroatoms. The van der Waals surface area contributed by atoms with E-state index in [-0.39, 0.29) is 0 Å². The van der Waals surface area contributed by atoms with Crippen LogP contribution in [-0.2, 0) is 6.42 Å². The van der Waals surface area contributed by atoms with E-state index >= 15 is 0 Å². The van der Waals surface area contributed by atoms with Crippen LogP contribution < -0.4 is 15.8 Å². The molecular formula is C12H17N5O. The van der Waals surface area contributed by atoms with E-state index in [0.717, 1.165) is 42.3 Å². The molecule has 6 nitrogen and oxygen atoms in total. The Morgan fingerprint density at radius 3 is 3.06 bits per heavy atom. The maximum Gasteiger partial charge on any atom is 0.137 e. The highest BCUT2D eigenvalue weighted by Gasteiger charge is 2.01. The third-order valence-corrected chi connectivity index (χ3v) is 2.63. The van der Waals surface area contributed by atoms with E-state index in [2.05, 4.69) is 20.5 Å². The average Bonchev–Trinajstić information content (AvgIpc) is 2.89. The molecule has 2 aromatic rings. The Kier molecular flexibility index (Phi) is 4.01. The molecule has 0 saturated heterocycles. The molecule has 1 aromatic carbocycles. The van der Waals surface area contributed by atoms with Crippen molar-refractivity contribution in [1.29, 1.82) is 0 Å². The van der Waals surface area contributed by atoms with Crippen LogP contribution in [0.25, 0.3) is 0 Å². The highest BCUT2D eigenvalue weighted by atomic mass is 16.5. The number of methoxy groups -OCH3 is 1. The summed E-state index contributed by atoms with van der Waals surface area (Å²) in [5.74, 6) is 1.69. The number of nitrogens with zero attached hydrogens (tertiary/aromatic N) is 2. The summed E-state index contributed by atoms with van der Waals surface area (Å²) in [6.07, 6.45) is 3.32. The predicted octanol–water partition coefficient (Wildman–Crippen LogP) is 1.44. The quantitative estimate of drug-likeness (QED) is 0.531. The normalized spacial score (nSPS) is 10.3. The Balaban J connectivity index is 1.82. The number of H-pyrrole nitrogens is 1. The summed E-state index contributed by atoms with van der Waals surface area (Å²) in [4.78, 5) is 4.07. The Hall–Kier alpha value is -2.24. The third-order valence-electron chi connectivity index (χ3n) is 2.63. The Morgan fingerprint density at radius 1 is 1.44 bits per heavy atom. The molecule has 96 valence electrons. The first kappa shape index (κ1) is 12.2. The van der Waals surface area contributed by atoms with E-state index in [0.29, 0.717) is 0 Å². The maximum absolute atomic E-state index is 5.87. The summed E-state index contributed by atoms with van der Waals surface area (Å²) < 4.78 is 5.16. The van der Waals surface area contributed by atoms with Gasteiger partial charge in [-0.05, 0) is 18.6 Å².